The summed E-state index contributed by atoms with van der Waals surface area (Å²) in [6.45, 7) is 4.14. The lowest BCUT2D eigenvalue weighted by atomic mass is 10.0. The number of ether oxygens (including phenoxy) is 1. The van der Waals surface area contributed by atoms with Gasteiger partial charge in [0, 0.05) is 6.42 Å². The van der Waals surface area contributed by atoms with Gasteiger partial charge in [0.05, 0.1) is 12.2 Å². The minimum atomic E-state index is -0.756. The molecule has 0 aromatic heterocycles. The van der Waals surface area contributed by atoms with E-state index in [0.717, 1.165) is 6.42 Å². The molecule has 1 heterocycles. The van der Waals surface area contributed by atoms with Gasteiger partial charge in [-0.05, 0) is 12.3 Å². The molecule has 0 amide bonds. The highest BCUT2D eigenvalue weighted by atomic mass is 16.6. The number of aliphatic hydroxyl groups excluding tert-OH is 2. The van der Waals surface area contributed by atoms with E-state index in [0.29, 0.717) is 12.3 Å². The lowest BCUT2D eigenvalue weighted by molar-refractivity contribution is -0.0993. The van der Waals surface area contributed by atoms with Crippen LogP contribution in [0, 0.1) is 5.92 Å². The van der Waals surface area contributed by atoms with Crippen molar-refractivity contribution in [3.05, 3.63) is 0 Å². The Morgan fingerprint density at radius 1 is 1.45 bits per heavy atom. The molecular weight excluding hydrogens is 144 g/mol. The Bertz CT molecular complexity index is 125. The highest BCUT2D eigenvalue weighted by Crippen LogP contribution is 2.23. The molecule has 0 aromatic carbocycles. The first-order valence-corrected chi connectivity index (χ1v) is 4.11. The molecule has 2 N–H and O–H groups in total. The molecule has 0 aromatic rings. The monoisotopic (exact) mass is 160 g/mol. The van der Waals surface area contributed by atoms with E-state index in [-0.39, 0.29) is 6.10 Å². The van der Waals surface area contributed by atoms with Crippen molar-refractivity contribution >= 4 is 0 Å². The normalized spacial score (nSPS) is 38.5. The molecule has 1 fully saturated rings. The second kappa shape index (κ2) is 3.52. The van der Waals surface area contributed by atoms with E-state index in [9.17, 15) is 5.11 Å². The number of hydrogen-bond donors (Lipinski definition) is 2. The van der Waals surface area contributed by atoms with Gasteiger partial charge in [-0.1, -0.05) is 13.8 Å². The van der Waals surface area contributed by atoms with Gasteiger partial charge in [-0.3, -0.25) is 0 Å². The van der Waals surface area contributed by atoms with Gasteiger partial charge in [0.15, 0.2) is 6.29 Å². The molecule has 1 rings (SSSR count). The van der Waals surface area contributed by atoms with Crippen LogP contribution in [0.1, 0.15) is 26.7 Å². The highest BCUT2D eigenvalue weighted by molar-refractivity contribution is 4.77. The molecule has 3 unspecified atom stereocenters. The lowest BCUT2D eigenvalue weighted by Crippen LogP contribution is -2.22. The first-order valence-electron chi connectivity index (χ1n) is 4.11. The maximum atomic E-state index is 9.32. The summed E-state index contributed by atoms with van der Waals surface area (Å²) >= 11 is 0. The van der Waals surface area contributed by atoms with Crippen LogP contribution in [0.2, 0.25) is 0 Å². The first kappa shape index (κ1) is 8.97. The minimum absolute atomic E-state index is 0.162. The molecule has 66 valence electrons. The van der Waals surface area contributed by atoms with Crippen LogP contribution in [0.25, 0.3) is 0 Å². The third-order valence-corrected chi connectivity index (χ3v) is 1.91. The van der Waals surface area contributed by atoms with Crippen LogP contribution >= 0.6 is 0 Å². The minimum Gasteiger partial charge on any atom is -0.390 e. The summed E-state index contributed by atoms with van der Waals surface area (Å²) in [5.41, 5.74) is 0. The van der Waals surface area contributed by atoms with Crippen LogP contribution in [0.15, 0.2) is 0 Å². The summed E-state index contributed by atoms with van der Waals surface area (Å²) < 4.78 is 5.09. The third-order valence-electron chi connectivity index (χ3n) is 1.91. The van der Waals surface area contributed by atoms with E-state index >= 15 is 0 Å². The molecular formula is C8H16O3. The maximum absolute atomic E-state index is 9.32. The Balaban J connectivity index is 2.34. The van der Waals surface area contributed by atoms with Gasteiger partial charge in [0.1, 0.15) is 0 Å². The van der Waals surface area contributed by atoms with Gasteiger partial charge in [-0.25, -0.2) is 0 Å². The molecule has 1 saturated heterocycles. The van der Waals surface area contributed by atoms with Crippen LogP contribution in [-0.2, 0) is 4.74 Å². The molecule has 3 heteroatoms. The van der Waals surface area contributed by atoms with E-state index in [2.05, 4.69) is 13.8 Å². The molecule has 3 atom stereocenters. The zero-order chi connectivity index (χ0) is 8.43. The van der Waals surface area contributed by atoms with E-state index in [1.54, 1.807) is 0 Å². The van der Waals surface area contributed by atoms with Crippen LogP contribution in [0.4, 0.5) is 0 Å². The number of rotatable bonds is 2. The summed E-state index contributed by atoms with van der Waals surface area (Å²) in [5, 5.41) is 18.3. The van der Waals surface area contributed by atoms with Crippen molar-refractivity contribution in [1.82, 2.24) is 0 Å². The molecule has 3 nitrogen and oxygen atoms in total. The summed E-state index contributed by atoms with van der Waals surface area (Å²) in [6, 6.07) is 0. The Hall–Kier alpha value is -0.120. The standard InChI is InChI=1S/C8H16O3/c1-5(2)3-7-6(9)4-8(10)11-7/h5-10H,3-4H2,1-2H3. The summed E-state index contributed by atoms with van der Waals surface area (Å²) in [7, 11) is 0. The quantitative estimate of drug-likeness (QED) is 0.618. The number of aliphatic hydroxyl groups is 2. The molecule has 0 radical (unpaired) electrons. The second-order valence-electron chi connectivity index (χ2n) is 3.56. The Morgan fingerprint density at radius 3 is 2.45 bits per heavy atom. The van der Waals surface area contributed by atoms with E-state index in [4.69, 9.17) is 9.84 Å². The SMILES string of the molecule is CC(C)CC1OC(O)CC1O. The average molecular weight is 160 g/mol. The smallest absolute Gasteiger partial charge is 0.157 e. The van der Waals surface area contributed by atoms with E-state index in [1.807, 2.05) is 0 Å². The zero-order valence-corrected chi connectivity index (χ0v) is 7.03. The van der Waals surface area contributed by atoms with Crippen molar-refractivity contribution in [3.63, 3.8) is 0 Å². The van der Waals surface area contributed by atoms with E-state index in [1.165, 1.54) is 0 Å². The van der Waals surface area contributed by atoms with Gasteiger partial charge in [0.25, 0.3) is 0 Å². The average Bonchev–Trinajstić information content (AvgIpc) is 2.09. The number of hydrogen-bond acceptors (Lipinski definition) is 3. The Labute approximate surface area is 67.0 Å². The topological polar surface area (TPSA) is 49.7 Å². The first-order chi connectivity index (χ1) is 5.09. The van der Waals surface area contributed by atoms with Crippen LogP contribution in [0.5, 0.6) is 0 Å². The fourth-order valence-corrected chi connectivity index (χ4v) is 1.38. The van der Waals surface area contributed by atoms with Gasteiger partial charge >= 0.3 is 0 Å². The molecule has 0 aliphatic carbocycles. The molecule has 0 spiro atoms. The molecule has 11 heavy (non-hydrogen) atoms. The molecule has 1 aliphatic heterocycles. The summed E-state index contributed by atoms with van der Waals surface area (Å²) in [6.07, 6.45) is -0.221. The molecule has 0 bridgehead atoms. The predicted molar refractivity (Wildman–Crippen MR) is 41.0 cm³/mol. The molecule has 1 aliphatic rings. The summed E-state index contributed by atoms with van der Waals surface area (Å²) in [4.78, 5) is 0. The van der Waals surface area contributed by atoms with Gasteiger partial charge in [-0.2, -0.15) is 0 Å². The maximum Gasteiger partial charge on any atom is 0.157 e. The van der Waals surface area contributed by atoms with Crippen LogP contribution in [0.3, 0.4) is 0 Å². The fourth-order valence-electron chi connectivity index (χ4n) is 1.38. The predicted octanol–water partition coefficient (Wildman–Crippen LogP) is 0.501. The third kappa shape index (κ3) is 2.43. The fraction of sp³-hybridized carbons (Fsp3) is 1.00. The summed E-state index contributed by atoms with van der Waals surface area (Å²) in [5.74, 6) is 0.500. The van der Waals surface area contributed by atoms with Gasteiger partial charge in [0.2, 0.25) is 0 Å². The van der Waals surface area contributed by atoms with Crippen molar-refractivity contribution in [2.45, 2.75) is 45.2 Å². The lowest BCUT2D eigenvalue weighted by Gasteiger charge is -2.15. The largest absolute Gasteiger partial charge is 0.390 e. The van der Waals surface area contributed by atoms with Gasteiger partial charge in [-0.15, -0.1) is 0 Å². The Morgan fingerprint density at radius 2 is 2.09 bits per heavy atom. The zero-order valence-electron chi connectivity index (χ0n) is 7.03. The Kier molecular flexibility index (Phi) is 2.87. The molecule has 0 saturated carbocycles. The van der Waals surface area contributed by atoms with E-state index < -0.39 is 12.4 Å². The second-order valence-corrected chi connectivity index (χ2v) is 3.56. The van der Waals surface area contributed by atoms with Crippen molar-refractivity contribution < 1.29 is 14.9 Å². The van der Waals surface area contributed by atoms with Crippen molar-refractivity contribution in [2.24, 2.45) is 5.92 Å². The van der Waals surface area contributed by atoms with Gasteiger partial charge < -0.3 is 14.9 Å². The highest BCUT2D eigenvalue weighted by Gasteiger charge is 2.32. The van der Waals surface area contributed by atoms with Crippen LogP contribution < -0.4 is 0 Å². The van der Waals surface area contributed by atoms with Crippen LogP contribution in [-0.4, -0.2) is 28.7 Å². The van der Waals surface area contributed by atoms with Crippen molar-refractivity contribution in [1.29, 1.82) is 0 Å². The van der Waals surface area contributed by atoms with Crippen molar-refractivity contribution in [2.75, 3.05) is 0 Å². The van der Waals surface area contributed by atoms with Crippen molar-refractivity contribution in [3.8, 4) is 0 Å².